The third-order valence-electron chi connectivity index (χ3n) is 1.29. The van der Waals surface area contributed by atoms with Crippen molar-refractivity contribution in [3.8, 4) is 0 Å². The molecule has 0 aliphatic rings. The first-order chi connectivity index (χ1) is 6.15. The molecule has 1 aromatic rings. The molecule has 0 spiro atoms. The molecule has 0 amide bonds. The highest BCUT2D eigenvalue weighted by molar-refractivity contribution is 6.69. The third kappa shape index (κ3) is 2.35. The van der Waals surface area contributed by atoms with Gasteiger partial charge in [-0.2, -0.15) is 0 Å². The molecule has 0 radical (unpaired) electrons. The van der Waals surface area contributed by atoms with E-state index < -0.39 is 12.1 Å². The molecule has 0 aromatic carbocycles. The molecule has 0 atom stereocenters. The van der Waals surface area contributed by atoms with Crippen LogP contribution in [0.15, 0.2) is 23.4 Å². The Morgan fingerprint density at radius 3 is 2.77 bits per heavy atom. The summed E-state index contributed by atoms with van der Waals surface area (Å²) in [5.41, 5.74) is -0.388. The first-order valence-electron chi connectivity index (χ1n) is 3.28. The lowest BCUT2D eigenvalue weighted by molar-refractivity contribution is 0.146. The standard InChI is InChI=1S/C7H5ClF2N2O/c8-6(12-13)4-2-1-3-5(11-4)7(9)10/h1-3,7,13H/b12-6-. The molecule has 0 aliphatic heterocycles. The number of aromatic nitrogens is 1. The summed E-state index contributed by atoms with van der Waals surface area (Å²) in [7, 11) is 0. The molecular weight excluding hydrogens is 202 g/mol. The van der Waals surface area contributed by atoms with Crippen LogP contribution in [0, 0.1) is 0 Å². The van der Waals surface area contributed by atoms with Crippen molar-refractivity contribution in [2.24, 2.45) is 5.16 Å². The fourth-order valence-corrected chi connectivity index (χ4v) is 0.844. The molecule has 13 heavy (non-hydrogen) atoms. The van der Waals surface area contributed by atoms with Gasteiger partial charge in [0.15, 0.2) is 5.17 Å². The second-order valence-corrected chi connectivity index (χ2v) is 2.50. The first-order valence-corrected chi connectivity index (χ1v) is 3.66. The number of alkyl halides is 2. The van der Waals surface area contributed by atoms with Crippen molar-refractivity contribution in [1.29, 1.82) is 0 Å². The fraction of sp³-hybridized carbons (Fsp3) is 0.143. The number of halogens is 3. The zero-order chi connectivity index (χ0) is 9.84. The Kier molecular flexibility index (Phi) is 3.13. The Hall–Kier alpha value is -1.23. The second kappa shape index (κ2) is 4.13. The Morgan fingerprint density at radius 2 is 2.23 bits per heavy atom. The van der Waals surface area contributed by atoms with E-state index in [-0.39, 0.29) is 10.9 Å². The molecule has 0 saturated carbocycles. The Bertz CT molecular complexity index is 330. The number of hydrogen-bond acceptors (Lipinski definition) is 3. The van der Waals surface area contributed by atoms with Crippen LogP contribution in [0.2, 0.25) is 0 Å². The van der Waals surface area contributed by atoms with E-state index in [0.29, 0.717) is 0 Å². The maximum atomic E-state index is 12.1. The maximum absolute atomic E-state index is 12.1. The lowest BCUT2D eigenvalue weighted by Crippen LogP contribution is -1.99. The summed E-state index contributed by atoms with van der Waals surface area (Å²) in [6, 6.07) is 3.89. The highest BCUT2D eigenvalue weighted by Crippen LogP contribution is 2.16. The van der Waals surface area contributed by atoms with Gasteiger partial charge in [0.05, 0.1) is 0 Å². The first kappa shape index (κ1) is 9.85. The molecule has 70 valence electrons. The number of pyridine rings is 1. The number of oxime groups is 1. The van der Waals surface area contributed by atoms with Crippen molar-refractivity contribution in [2.45, 2.75) is 6.43 Å². The molecular formula is C7H5ClF2N2O. The zero-order valence-corrected chi connectivity index (χ0v) is 7.04. The van der Waals surface area contributed by atoms with Crippen molar-refractivity contribution < 1.29 is 14.0 Å². The molecule has 3 nitrogen and oxygen atoms in total. The highest BCUT2D eigenvalue weighted by Gasteiger charge is 2.10. The summed E-state index contributed by atoms with van der Waals surface area (Å²) in [6.45, 7) is 0. The lowest BCUT2D eigenvalue weighted by Gasteiger charge is -2.00. The van der Waals surface area contributed by atoms with E-state index in [1.54, 1.807) is 0 Å². The van der Waals surface area contributed by atoms with Gasteiger partial charge >= 0.3 is 0 Å². The van der Waals surface area contributed by atoms with Crippen molar-refractivity contribution in [3.63, 3.8) is 0 Å². The van der Waals surface area contributed by atoms with E-state index in [1.165, 1.54) is 12.1 Å². The van der Waals surface area contributed by atoms with Crippen LogP contribution in [0.25, 0.3) is 0 Å². The molecule has 1 rings (SSSR count). The average molecular weight is 207 g/mol. The number of nitrogens with zero attached hydrogens (tertiary/aromatic N) is 2. The quantitative estimate of drug-likeness (QED) is 0.459. The summed E-state index contributed by atoms with van der Waals surface area (Å²) in [6.07, 6.45) is -2.66. The van der Waals surface area contributed by atoms with Gasteiger partial charge in [0, 0.05) is 0 Å². The summed E-state index contributed by atoms with van der Waals surface area (Å²) >= 11 is 5.36. The molecule has 0 aliphatic carbocycles. The van der Waals surface area contributed by atoms with Gasteiger partial charge in [-0.3, -0.25) is 0 Å². The van der Waals surface area contributed by atoms with Gasteiger partial charge in [0.25, 0.3) is 6.43 Å². The molecule has 6 heteroatoms. The van der Waals surface area contributed by atoms with Crippen LogP contribution >= 0.6 is 11.6 Å². The smallest absolute Gasteiger partial charge is 0.280 e. The third-order valence-corrected chi connectivity index (χ3v) is 1.56. The molecule has 1 heterocycles. The SMILES string of the molecule is O/N=C(\Cl)c1cccc(C(F)F)n1. The fourth-order valence-electron chi connectivity index (χ4n) is 0.739. The van der Waals surface area contributed by atoms with Crippen LogP contribution < -0.4 is 0 Å². The van der Waals surface area contributed by atoms with Crippen LogP contribution in [-0.2, 0) is 0 Å². The molecule has 1 N–H and O–H groups in total. The molecule has 0 unspecified atom stereocenters. The van der Waals surface area contributed by atoms with Crippen molar-refractivity contribution in [3.05, 3.63) is 29.6 Å². The van der Waals surface area contributed by atoms with E-state index in [0.717, 1.165) is 6.07 Å². The Balaban J connectivity index is 3.05. The minimum absolute atomic E-state index is 0.0157. The van der Waals surface area contributed by atoms with Crippen molar-refractivity contribution >= 4 is 16.8 Å². The summed E-state index contributed by atoms with van der Waals surface area (Å²) in [5.74, 6) is 0. The van der Waals surface area contributed by atoms with Crippen molar-refractivity contribution in [1.82, 2.24) is 4.98 Å². The van der Waals surface area contributed by atoms with E-state index in [9.17, 15) is 8.78 Å². The number of rotatable bonds is 2. The normalized spacial score (nSPS) is 12.2. The van der Waals surface area contributed by atoms with Crippen LogP contribution in [0.3, 0.4) is 0 Å². The highest BCUT2D eigenvalue weighted by atomic mass is 35.5. The summed E-state index contributed by atoms with van der Waals surface area (Å²) < 4.78 is 24.2. The van der Waals surface area contributed by atoms with Gasteiger partial charge in [-0.25, -0.2) is 13.8 Å². The van der Waals surface area contributed by atoms with Gasteiger partial charge in [-0.15, -0.1) is 0 Å². The molecule has 1 aromatic heterocycles. The van der Waals surface area contributed by atoms with E-state index in [1.807, 2.05) is 0 Å². The maximum Gasteiger partial charge on any atom is 0.280 e. The van der Waals surface area contributed by atoms with Gasteiger partial charge < -0.3 is 5.21 Å². The van der Waals surface area contributed by atoms with Crippen LogP contribution in [0.4, 0.5) is 8.78 Å². The monoisotopic (exact) mass is 206 g/mol. The van der Waals surface area contributed by atoms with Gasteiger partial charge in [0.1, 0.15) is 11.4 Å². The van der Waals surface area contributed by atoms with Crippen molar-refractivity contribution in [2.75, 3.05) is 0 Å². The van der Waals surface area contributed by atoms with E-state index >= 15 is 0 Å². The molecule has 0 bridgehead atoms. The minimum atomic E-state index is -2.66. The predicted molar refractivity (Wildman–Crippen MR) is 43.4 cm³/mol. The van der Waals surface area contributed by atoms with Crippen LogP contribution in [0.1, 0.15) is 17.8 Å². The van der Waals surface area contributed by atoms with Gasteiger partial charge in [-0.1, -0.05) is 22.8 Å². The molecule has 0 saturated heterocycles. The molecule has 0 fully saturated rings. The van der Waals surface area contributed by atoms with Crippen LogP contribution in [-0.4, -0.2) is 15.4 Å². The summed E-state index contributed by atoms with van der Waals surface area (Å²) in [4.78, 5) is 3.47. The summed E-state index contributed by atoms with van der Waals surface area (Å²) in [5, 5.41) is 10.6. The predicted octanol–water partition coefficient (Wildman–Crippen LogP) is 2.39. The lowest BCUT2D eigenvalue weighted by atomic mass is 10.3. The zero-order valence-electron chi connectivity index (χ0n) is 6.28. The Morgan fingerprint density at radius 1 is 1.54 bits per heavy atom. The topological polar surface area (TPSA) is 45.5 Å². The van der Waals surface area contributed by atoms with Crippen LogP contribution in [0.5, 0.6) is 0 Å². The average Bonchev–Trinajstić information content (AvgIpc) is 2.17. The van der Waals surface area contributed by atoms with Gasteiger partial charge in [0.2, 0.25) is 0 Å². The van der Waals surface area contributed by atoms with E-state index in [2.05, 4.69) is 10.1 Å². The number of hydrogen-bond donors (Lipinski definition) is 1. The Labute approximate surface area is 77.7 Å². The largest absolute Gasteiger partial charge is 0.410 e. The second-order valence-electron chi connectivity index (χ2n) is 2.14. The minimum Gasteiger partial charge on any atom is -0.410 e. The van der Waals surface area contributed by atoms with Gasteiger partial charge in [-0.05, 0) is 12.1 Å². The van der Waals surface area contributed by atoms with E-state index in [4.69, 9.17) is 16.8 Å².